The van der Waals surface area contributed by atoms with E-state index in [1.165, 1.54) is 11.6 Å². The molecule has 0 N–H and O–H groups in total. The van der Waals surface area contributed by atoms with Crippen LogP contribution in [0.15, 0.2) is 59.1 Å². The molecule has 1 aliphatic rings. The average molecular weight is 420 g/mol. The minimum atomic E-state index is -0.737. The number of hydrogen-bond acceptors (Lipinski definition) is 7. The predicted octanol–water partition coefficient (Wildman–Crippen LogP) is 0.991. The van der Waals surface area contributed by atoms with Crippen LogP contribution < -0.4 is 14.7 Å². The summed E-state index contributed by atoms with van der Waals surface area (Å²) in [5, 5.41) is 16.0. The summed E-state index contributed by atoms with van der Waals surface area (Å²) in [6.07, 6.45) is -0.0192. The highest BCUT2D eigenvalue weighted by Gasteiger charge is 2.42. The number of carbonyl (C=O) groups is 3. The summed E-state index contributed by atoms with van der Waals surface area (Å²) in [4.78, 5) is 39.8. The van der Waals surface area contributed by atoms with Gasteiger partial charge in [0, 0.05) is 17.7 Å². The van der Waals surface area contributed by atoms with Gasteiger partial charge in [-0.25, -0.2) is 4.90 Å². The standard InChI is InChI=1S/C22H20N4O5/c1-14(27)15-8-10-16(11-9-15)25-20(28)12-18(21(25)29)24(2)13-19-22(30)31-23-26(19)17-6-4-3-5-7-17/h3-11,18H,12-13H2,1-2H3. The van der Waals surface area contributed by atoms with E-state index in [1.54, 1.807) is 48.3 Å². The molecule has 1 saturated heterocycles. The number of rotatable bonds is 6. The number of ketones is 1. The Bertz CT molecular complexity index is 1140. The summed E-state index contributed by atoms with van der Waals surface area (Å²) in [7, 11) is 1.67. The number of benzene rings is 2. The average Bonchev–Trinajstić information content (AvgIpc) is 3.27. The Kier molecular flexibility index (Phi) is 5.35. The molecular formula is C22H20N4O5. The Morgan fingerprint density at radius 3 is 2.52 bits per heavy atom. The van der Waals surface area contributed by atoms with Gasteiger partial charge < -0.3 is 9.63 Å². The number of aromatic nitrogens is 2. The molecule has 1 atom stereocenters. The summed E-state index contributed by atoms with van der Waals surface area (Å²) in [5.41, 5.74) is 1.80. The van der Waals surface area contributed by atoms with E-state index < -0.39 is 17.9 Å². The molecule has 0 bridgehead atoms. The zero-order valence-corrected chi connectivity index (χ0v) is 17.0. The van der Waals surface area contributed by atoms with Crippen molar-refractivity contribution in [1.82, 2.24) is 10.2 Å². The van der Waals surface area contributed by atoms with Gasteiger partial charge in [0.2, 0.25) is 11.6 Å². The van der Waals surface area contributed by atoms with E-state index in [4.69, 9.17) is 4.52 Å². The smallest absolute Gasteiger partial charge is 0.254 e. The summed E-state index contributed by atoms with van der Waals surface area (Å²) in [6.45, 7) is 1.51. The highest BCUT2D eigenvalue weighted by Crippen LogP contribution is 2.27. The molecule has 0 spiro atoms. The van der Waals surface area contributed by atoms with Crippen LogP contribution in [0.5, 0.6) is 5.95 Å². The molecule has 9 nitrogen and oxygen atoms in total. The van der Waals surface area contributed by atoms with E-state index in [2.05, 4.69) is 5.27 Å². The van der Waals surface area contributed by atoms with Gasteiger partial charge in [0.25, 0.3) is 11.6 Å². The number of hydrogen-bond donors (Lipinski definition) is 0. The van der Waals surface area contributed by atoms with Crippen LogP contribution in [0.25, 0.3) is 5.69 Å². The molecule has 158 valence electrons. The minimum Gasteiger partial charge on any atom is -0.539 e. The predicted molar refractivity (Wildman–Crippen MR) is 106 cm³/mol. The lowest BCUT2D eigenvalue weighted by molar-refractivity contribution is -0.678. The van der Waals surface area contributed by atoms with Crippen molar-refractivity contribution in [2.75, 3.05) is 11.9 Å². The van der Waals surface area contributed by atoms with E-state index in [9.17, 15) is 19.5 Å². The van der Waals surface area contributed by atoms with E-state index >= 15 is 0 Å². The maximum atomic E-state index is 13.0. The van der Waals surface area contributed by atoms with Gasteiger partial charge in [-0.05, 0) is 42.9 Å². The lowest BCUT2D eigenvalue weighted by Gasteiger charge is -2.21. The molecule has 0 aliphatic carbocycles. The second kappa shape index (κ2) is 8.11. The Hall–Kier alpha value is -3.85. The molecule has 1 aromatic heterocycles. The molecule has 0 saturated carbocycles. The minimum absolute atomic E-state index is 0.0192. The van der Waals surface area contributed by atoms with Crippen molar-refractivity contribution in [3.63, 3.8) is 0 Å². The van der Waals surface area contributed by atoms with Crippen molar-refractivity contribution in [3.8, 4) is 11.6 Å². The number of imide groups is 1. The van der Waals surface area contributed by atoms with Gasteiger partial charge in [0.1, 0.15) is 0 Å². The SMILES string of the molecule is CC(=O)c1ccc(N2C(=O)CC(N(C)Cc3c([O-])on[n+]3-c3ccccc3)C2=O)cc1. The van der Waals surface area contributed by atoms with Gasteiger partial charge in [-0.15, -0.1) is 0 Å². The fourth-order valence-electron chi connectivity index (χ4n) is 3.59. The van der Waals surface area contributed by atoms with Gasteiger partial charge in [0.05, 0.1) is 30.0 Å². The third-order valence-electron chi connectivity index (χ3n) is 5.28. The maximum Gasteiger partial charge on any atom is 0.254 e. The second-order valence-electron chi connectivity index (χ2n) is 7.36. The van der Waals surface area contributed by atoms with Crippen LogP contribution in [-0.2, 0) is 16.1 Å². The van der Waals surface area contributed by atoms with Crippen molar-refractivity contribution in [2.45, 2.75) is 25.9 Å². The summed E-state index contributed by atoms with van der Waals surface area (Å²) >= 11 is 0. The topological polar surface area (TPSA) is 111 Å². The van der Waals surface area contributed by atoms with Gasteiger partial charge in [-0.2, -0.15) is 0 Å². The zero-order valence-electron chi connectivity index (χ0n) is 17.0. The maximum absolute atomic E-state index is 13.0. The highest BCUT2D eigenvalue weighted by molar-refractivity contribution is 6.22. The lowest BCUT2D eigenvalue weighted by Crippen LogP contribution is -2.44. The molecule has 0 radical (unpaired) electrons. The van der Waals surface area contributed by atoms with Gasteiger partial charge in [0.15, 0.2) is 11.7 Å². The Morgan fingerprint density at radius 2 is 1.87 bits per heavy atom. The zero-order chi connectivity index (χ0) is 22.1. The number of amides is 2. The normalized spacial score (nSPS) is 16.4. The van der Waals surface area contributed by atoms with Crippen LogP contribution in [0.3, 0.4) is 0 Å². The van der Waals surface area contributed by atoms with Crippen molar-refractivity contribution in [3.05, 3.63) is 65.9 Å². The lowest BCUT2D eigenvalue weighted by atomic mass is 10.1. The molecule has 3 aromatic rings. The molecule has 9 heteroatoms. The highest BCUT2D eigenvalue weighted by atomic mass is 16.6. The van der Waals surface area contributed by atoms with Crippen molar-refractivity contribution in [2.24, 2.45) is 0 Å². The first kappa shape index (κ1) is 20.4. The summed E-state index contributed by atoms with van der Waals surface area (Å²) in [5.74, 6) is -1.44. The van der Waals surface area contributed by atoms with Crippen LogP contribution in [0.4, 0.5) is 5.69 Å². The first-order valence-electron chi connectivity index (χ1n) is 9.68. The first-order valence-corrected chi connectivity index (χ1v) is 9.68. The second-order valence-corrected chi connectivity index (χ2v) is 7.36. The van der Waals surface area contributed by atoms with Crippen LogP contribution >= 0.6 is 0 Å². The van der Waals surface area contributed by atoms with E-state index in [1.807, 2.05) is 18.2 Å². The van der Waals surface area contributed by atoms with E-state index in [-0.39, 0.29) is 30.3 Å². The Labute approximate surface area is 178 Å². The number of anilines is 1. The van der Waals surface area contributed by atoms with Gasteiger partial charge >= 0.3 is 0 Å². The Balaban J connectivity index is 1.55. The molecule has 2 heterocycles. The van der Waals surface area contributed by atoms with Gasteiger partial charge in [-0.1, -0.05) is 18.2 Å². The van der Waals surface area contributed by atoms with Crippen LogP contribution in [0.1, 0.15) is 29.4 Å². The fourth-order valence-corrected chi connectivity index (χ4v) is 3.59. The molecule has 1 fully saturated rings. The molecular weight excluding hydrogens is 400 g/mol. The molecule has 2 aromatic carbocycles. The van der Waals surface area contributed by atoms with Crippen molar-refractivity contribution >= 4 is 23.3 Å². The molecule has 1 unspecified atom stereocenters. The number of para-hydroxylation sites is 1. The largest absolute Gasteiger partial charge is 0.539 e. The summed E-state index contributed by atoms with van der Waals surface area (Å²) in [6, 6.07) is 14.6. The number of Topliss-reactive ketones (excluding diaryl/α,β-unsaturated/α-hetero) is 1. The number of carbonyl (C=O) groups excluding carboxylic acids is 3. The van der Waals surface area contributed by atoms with Crippen LogP contribution in [0.2, 0.25) is 0 Å². The Morgan fingerprint density at radius 1 is 1.19 bits per heavy atom. The van der Waals surface area contributed by atoms with E-state index in [0.717, 1.165) is 4.90 Å². The molecule has 31 heavy (non-hydrogen) atoms. The third kappa shape index (κ3) is 3.82. The third-order valence-corrected chi connectivity index (χ3v) is 5.28. The van der Waals surface area contributed by atoms with E-state index in [0.29, 0.717) is 16.9 Å². The van der Waals surface area contributed by atoms with Crippen LogP contribution in [-0.4, -0.2) is 40.9 Å². The quantitative estimate of drug-likeness (QED) is 0.332. The number of likely N-dealkylation sites (N-methyl/N-ethyl adjacent to an activating group) is 1. The summed E-state index contributed by atoms with van der Waals surface area (Å²) < 4.78 is 6.21. The molecule has 1 aliphatic heterocycles. The first-order chi connectivity index (χ1) is 14.9. The molecule has 2 amide bonds. The van der Waals surface area contributed by atoms with Crippen molar-refractivity contribution in [1.29, 1.82) is 0 Å². The monoisotopic (exact) mass is 420 g/mol. The van der Waals surface area contributed by atoms with Crippen LogP contribution in [0, 0.1) is 0 Å². The molecule has 4 rings (SSSR count). The van der Waals surface area contributed by atoms with Gasteiger partial charge in [-0.3, -0.25) is 19.3 Å². The van der Waals surface area contributed by atoms with Crippen molar-refractivity contribution < 1.29 is 28.7 Å². The fraction of sp³-hybridized carbons (Fsp3) is 0.227. The number of nitrogens with zero attached hydrogens (tertiary/aromatic N) is 4.